The molecule has 0 aromatic rings. The molecule has 0 spiro atoms. The minimum absolute atomic E-state index is 0.178. The van der Waals surface area contributed by atoms with Crippen molar-refractivity contribution in [2.75, 3.05) is 26.4 Å². The Bertz CT molecular complexity index is 936. The van der Waals surface area contributed by atoms with Crippen LogP contribution in [0, 0.1) is 0 Å². The molecule has 0 radical (unpaired) electrons. The summed E-state index contributed by atoms with van der Waals surface area (Å²) in [5.41, 5.74) is 0. The van der Waals surface area contributed by atoms with Gasteiger partial charge in [-0.05, 0) is 51.4 Å². The van der Waals surface area contributed by atoms with E-state index >= 15 is 0 Å². The molecule has 0 aliphatic rings. The van der Waals surface area contributed by atoms with Crippen LogP contribution in [0.1, 0.15) is 162 Å². The zero-order valence-corrected chi connectivity index (χ0v) is 32.3. The van der Waals surface area contributed by atoms with E-state index in [1.54, 1.807) is 0 Å². The highest BCUT2D eigenvalue weighted by atomic mass is 31.2. The maximum Gasteiger partial charge on any atom is 0.472 e. The topological polar surface area (TPSA) is 149 Å². The van der Waals surface area contributed by atoms with Gasteiger partial charge in [0.15, 0.2) is 6.10 Å². The number of hydrogen-bond acceptors (Lipinski definition) is 9. The third-order valence-electron chi connectivity index (χ3n) is 8.05. The molecular weight excluding hydrogens is 659 g/mol. The number of allylic oxidation sites excluding steroid dienone is 6. The van der Waals surface area contributed by atoms with Crippen LogP contribution in [0.3, 0.4) is 0 Å². The maximum atomic E-state index is 12.5. The van der Waals surface area contributed by atoms with E-state index in [2.05, 4.69) is 54.8 Å². The fraction of sp³-hybridized carbons (Fsp3) is 0.795. The van der Waals surface area contributed by atoms with Gasteiger partial charge in [0.1, 0.15) is 12.7 Å². The minimum Gasteiger partial charge on any atom is -0.462 e. The van der Waals surface area contributed by atoms with Crippen molar-refractivity contribution in [1.29, 1.82) is 0 Å². The Morgan fingerprint density at radius 1 is 0.600 bits per heavy atom. The highest BCUT2D eigenvalue weighted by molar-refractivity contribution is 7.47. The predicted octanol–water partition coefficient (Wildman–Crippen LogP) is 9.61. The summed E-state index contributed by atoms with van der Waals surface area (Å²) >= 11 is 0. The number of carbonyl (C=O) groups excluding carboxylic acids is 2. The third kappa shape index (κ3) is 34.6. The summed E-state index contributed by atoms with van der Waals surface area (Å²) in [6.45, 7) is 2.29. The second kappa shape index (κ2) is 35.6. The molecule has 0 amide bonds. The number of esters is 2. The highest BCUT2D eigenvalue weighted by Gasteiger charge is 2.27. The summed E-state index contributed by atoms with van der Waals surface area (Å²) in [7, 11) is -4.62. The molecular formula is C39H71O10P. The fourth-order valence-corrected chi connectivity index (χ4v) is 5.79. The van der Waals surface area contributed by atoms with Gasteiger partial charge in [-0.2, -0.15) is 0 Å². The quantitative estimate of drug-likeness (QED) is 0.0246. The van der Waals surface area contributed by atoms with Crippen molar-refractivity contribution >= 4 is 19.8 Å². The molecule has 0 rings (SSSR count). The predicted molar refractivity (Wildman–Crippen MR) is 201 cm³/mol. The van der Waals surface area contributed by atoms with Crippen LogP contribution in [0.4, 0.5) is 0 Å². The highest BCUT2D eigenvalue weighted by Crippen LogP contribution is 2.43. The van der Waals surface area contributed by atoms with Crippen molar-refractivity contribution in [2.24, 2.45) is 0 Å². The summed E-state index contributed by atoms with van der Waals surface area (Å²) in [5, 5.41) is 18.3. The van der Waals surface area contributed by atoms with E-state index in [0.717, 1.165) is 51.4 Å². The molecule has 0 bridgehead atoms. The largest absolute Gasteiger partial charge is 0.472 e. The van der Waals surface area contributed by atoms with Gasteiger partial charge in [0.05, 0.1) is 19.8 Å². The van der Waals surface area contributed by atoms with Crippen LogP contribution in [0.15, 0.2) is 36.5 Å². The number of aliphatic hydroxyl groups is 2. The lowest BCUT2D eigenvalue weighted by Gasteiger charge is -2.20. The van der Waals surface area contributed by atoms with Gasteiger partial charge in [0.25, 0.3) is 0 Å². The molecule has 10 nitrogen and oxygen atoms in total. The molecule has 0 aliphatic heterocycles. The molecule has 0 aliphatic carbocycles. The van der Waals surface area contributed by atoms with Crippen molar-refractivity contribution in [3.63, 3.8) is 0 Å². The molecule has 292 valence electrons. The summed E-state index contributed by atoms with van der Waals surface area (Å²) in [6.07, 6.45) is 34.0. The molecule has 3 N–H and O–H groups in total. The number of phosphoric acid groups is 1. The first-order chi connectivity index (χ1) is 24.2. The van der Waals surface area contributed by atoms with E-state index in [9.17, 15) is 24.2 Å². The van der Waals surface area contributed by atoms with Crippen LogP contribution in [0.25, 0.3) is 0 Å². The summed E-state index contributed by atoms with van der Waals surface area (Å²) in [6, 6.07) is 0. The van der Waals surface area contributed by atoms with Gasteiger partial charge in [0, 0.05) is 12.8 Å². The van der Waals surface area contributed by atoms with Crippen molar-refractivity contribution in [2.45, 2.75) is 174 Å². The van der Waals surface area contributed by atoms with E-state index < -0.39 is 51.8 Å². The summed E-state index contributed by atoms with van der Waals surface area (Å²) in [4.78, 5) is 34.8. The molecule has 11 heteroatoms. The van der Waals surface area contributed by atoms with Crippen molar-refractivity contribution in [3.8, 4) is 0 Å². The number of rotatable bonds is 36. The van der Waals surface area contributed by atoms with Crippen molar-refractivity contribution in [3.05, 3.63) is 36.5 Å². The second-order valence-electron chi connectivity index (χ2n) is 13.0. The van der Waals surface area contributed by atoms with Gasteiger partial charge in [-0.3, -0.25) is 18.6 Å². The normalized spacial score (nSPS) is 14.4. The van der Waals surface area contributed by atoms with E-state index in [0.29, 0.717) is 12.8 Å². The standard InChI is InChI=1S/C39H71O10P/c1-3-5-7-9-11-13-15-17-18-19-21-22-24-26-28-30-38(42)46-34-37(35-48-50(44,45)47-33-36(41)32-40)49-39(43)31-29-27-25-23-20-16-14-12-10-8-6-4-2/h11,13,17-18,21-22,36-37,40-41H,3-10,12,14-16,19-20,23-35H2,1-2H3,(H,44,45)/b13-11-,18-17-,22-21-/t36-,37+/m0/s1. The van der Waals surface area contributed by atoms with E-state index in [1.807, 2.05) is 0 Å². The first kappa shape index (κ1) is 48.2. The Balaban J connectivity index is 4.42. The number of ether oxygens (including phenoxy) is 2. The van der Waals surface area contributed by atoms with Gasteiger partial charge >= 0.3 is 19.8 Å². The molecule has 50 heavy (non-hydrogen) atoms. The van der Waals surface area contributed by atoms with Crippen LogP contribution >= 0.6 is 7.82 Å². The van der Waals surface area contributed by atoms with Gasteiger partial charge < -0.3 is 24.6 Å². The molecule has 0 aromatic heterocycles. The number of aliphatic hydroxyl groups excluding tert-OH is 2. The average Bonchev–Trinajstić information content (AvgIpc) is 3.10. The Morgan fingerprint density at radius 2 is 1.04 bits per heavy atom. The number of hydrogen-bond donors (Lipinski definition) is 3. The zero-order valence-electron chi connectivity index (χ0n) is 31.4. The molecule has 0 fully saturated rings. The Morgan fingerprint density at radius 3 is 1.60 bits per heavy atom. The molecule has 0 heterocycles. The first-order valence-corrected chi connectivity index (χ1v) is 20.9. The maximum absolute atomic E-state index is 12.5. The summed E-state index contributed by atoms with van der Waals surface area (Å²) in [5.74, 6) is -0.970. The van der Waals surface area contributed by atoms with Crippen LogP contribution in [0.5, 0.6) is 0 Å². The SMILES string of the molecule is CCCCC/C=C\C/C=C\C/C=C\CCCCC(=O)OC[C@H](COP(=O)(O)OC[C@@H](O)CO)OC(=O)CCCCCCCCCCCCCC. The van der Waals surface area contributed by atoms with Gasteiger partial charge in [0.2, 0.25) is 0 Å². The molecule has 0 aromatic carbocycles. The second-order valence-corrected chi connectivity index (χ2v) is 14.4. The van der Waals surface area contributed by atoms with Crippen LogP contribution in [-0.4, -0.2) is 65.7 Å². The smallest absolute Gasteiger partial charge is 0.462 e. The lowest BCUT2D eigenvalue weighted by molar-refractivity contribution is -0.161. The minimum atomic E-state index is -4.62. The third-order valence-corrected chi connectivity index (χ3v) is 9.00. The van der Waals surface area contributed by atoms with Crippen LogP contribution < -0.4 is 0 Å². The lowest BCUT2D eigenvalue weighted by Crippen LogP contribution is -2.29. The van der Waals surface area contributed by atoms with E-state index in [1.165, 1.54) is 70.6 Å². The average molecular weight is 731 g/mol. The van der Waals surface area contributed by atoms with E-state index in [-0.39, 0.29) is 19.4 Å². The number of phosphoric ester groups is 1. The van der Waals surface area contributed by atoms with Crippen molar-refractivity contribution < 1.29 is 47.8 Å². The van der Waals surface area contributed by atoms with Crippen LogP contribution in [-0.2, 0) is 32.7 Å². The van der Waals surface area contributed by atoms with E-state index in [4.69, 9.17) is 19.1 Å². The van der Waals surface area contributed by atoms with Crippen LogP contribution in [0.2, 0.25) is 0 Å². The monoisotopic (exact) mass is 730 g/mol. The summed E-state index contributed by atoms with van der Waals surface area (Å²) < 4.78 is 32.5. The molecule has 0 saturated heterocycles. The van der Waals surface area contributed by atoms with Crippen molar-refractivity contribution in [1.82, 2.24) is 0 Å². The Labute approximate surface area is 303 Å². The van der Waals surface area contributed by atoms with Gasteiger partial charge in [-0.25, -0.2) is 4.57 Å². The fourth-order valence-electron chi connectivity index (χ4n) is 5.00. The Hall–Kier alpha value is -1.81. The molecule has 0 saturated carbocycles. The van der Waals surface area contributed by atoms with Gasteiger partial charge in [-0.1, -0.05) is 134 Å². The zero-order chi connectivity index (χ0) is 37.0. The molecule has 3 atom stereocenters. The van der Waals surface area contributed by atoms with Gasteiger partial charge in [-0.15, -0.1) is 0 Å². The number of carbonyl (C=O) groups is 2. The Kier molecular flexibility index (Phi) is 34.3. The molecule has 1 unspecified atom stereocenters. The lowest BCUT2D eigenvalue weighted by atomic mass is 10.0. The number of unbranched alkanes of at least 4 members (excludes halogenated alkanes) is 16. The first-order valence-electron chi connectivity index (χ1n) is 19.4.